The smallest absolute Gasteiger partial charge is 0.173 e. The predicted molar refractivity (Wildman–Crippen MR) is 66.5 cm³/mol. The van der Waals surface area contributed by atoms with Crippen LogP contribution in [-0.4, -0.2) is 47.9 Å². The number of rotatable bonds is 2. The van der Waals surface area contributed by atoms with Gasteiger partial charge in [-0.15, -0.1) is 0 Å². The number of nitrogens with two attached hydrogens (primary N) is 1. The van der Waals surface area contributed by atoms with Crippen LogP contribution in [-0.2, 0) is 7.05 Å². The first-order valence-corrected chi connectivity index (χ1v) is 5.69. The van der Waals surface area contributed by atoms with E-state index < -0.39 is 0 Å². The summed E-state index contributed by atoms with van der Waals surface area (Å²) in [5, 5.41) is 4.42. The Hall–Kier alpha value is -1.23. The van der Waals surface area contributed by atoms with Crippen LogP contribution >= 0.6 is 0 Å². The largest absolute Gasteiger partial charge is 0.394 e. The molecule has 2 N–H and O–H groups in total. The minimum absolute atomic E-state index is 0.585. The van der Waals surface area contributed by atoms with Crippen LogP contribution in [0.2, 0.25) is 0 Å². The van der Waals surface area contributed by atoms with Gasteiger partial charge in [0.05, 0.1) is 5.69 Å². The Morgan fingerprint density at radius 2 is 2.12 bits per heavy atom. The quantitative estimate of drug-likeness (QED) is 0.788. The van der Waals surface area contributed by atoms with E-state index in [4.69, 9.17) is 5.73 Å². The van der Waals surface area contributed by atoms with Gasteiger partial charge < -0.3 is 15.5 Å². The third-order valence-electron chi connectivity index (χ3n) is 3.37. The maximum atomic E-state index is 5.95. The average Bonchev–Trinajstić information content (AvgIpc) is 2.69. The Morgan fingerprint density at radius 1 is 1.44 bits per heavy atom. The first kappa shape index (κ1) is 11.3. The van der Waals surface area contributed by atoms with Crippen molar-refractivity contribution in [2.75, 3.05) is 37.8 Å². The number of nitrogens with zero attached hydrogens (tertiary/aromatic N) is 4. The van der Waals surface area contributed by atoms with E-state index in [-0.39, 0.29) is 0 Å². The van der Waals surface area contributed by atoms with Gasteiger partial charge in [0.2, 0.25) is 0 Å². The zero-order valence-electron chi connectivity index (χ0n) is 10.5. The van der Waals surface area contributed by atoms with E-state index in [9.17, 15) is 0 Å². The van der Waals surface area contributed by atoms with Gasteiger partial charge >= 0.3 is 0 Å². The molecular weight excluding hydrogens is 202 g/mol. The van der Waals surface area contributed by atoms with Crippen LogP contribution in [0, 0.1) is 5.92 Å². The van der Waals surface area contributed by atoms with Crippen molar-refractivity contribution >= 4 is 11.5 Å². The summed E-state index contributed by atoms with van der Waals surface area (Å²) in [6.07, 6.45) is 1.86. The number of hydrogen-bond acceptors (Lipinski definition) is 4. The molecule has 1 fully saturated rings. The molecule has 0 aromatic carbocycles. The Kier molecular flexibility index (Phi) is 2.80. The molecule has 16 heavy (non-hydrogen) atoms. The van der Waals surface area contributed by atoms with Crippen molar-refractivity contribution in [2.45, 2.75) is 13.0 Å². The van der Waals surface area contributed by atoms with Gasteiger partial charge in [0.25, 0.3) is 0 Å². The van der Waals surface area contributed by atoms with Crippen LogP contribution in [0.4, 0.5) is 11.5 Å². The highest BCUT2D eigenvalue weighted by atomic mass is 15.4. The molecule has 2 unspecified atom stereocenters. The summed E-state index contributed by atoms with van der Waals surface area (Å²) in [5.41, 5.74) is 6.72. The Bertz CT molecular complexity index is 370. The second kappa shape index (κ2) is 3.97. The molecule has 0 bridgehead atoms. The fourth-order valence-electron chi connectivity index (χ4n) is 2.54. The summed E-state index contributed by atoms with van der Waals surface area (Å²) in [5.74, 6) is 1.58. The van der Waals surface area contributed by atoms with Gasteiger partial charge in [-0.05, 0) is 20.0 Å². The zero-order chi connectivity index (χ0) is 11.9. The molecule has 1 aromatic rings. The number of hydrogen-bond donors (Lipinski definition) is 1. The van der Waals surface area contributed by atoms with E-state index in [1.807, 2.05) is 13.2 Å². The molecule has 1 aliphatic rings. The summed E-state index contributed by atoms with van der Waals surface area (Å²) in [4.78, 5) is 4.56. The van der Waals surface area contributed by atoms with Crippen molar-refractivity contribution < 1.29 is 0 Å². The van der Waals surface area contributed by atoms with Crippen molar-refractivity contribution in [1.82, 2.24) is 14.7 Å². The third kappa shape index (κ3) is 1.87. The van der Waals surface area contributed by atoms with E-state index >= 15 is 0 Å². The van der Waals surface area contributed by atoms with Crippen LogP contribution < -0.4 is 10.6 Å². The van der Waals surface area contributed by atoms with Gasteiger partial charge in [-0.2, -0.15) is 5.10 Å². The SMILES string of the molecule is CC1CN(c2nn(C)cc2N)CC1N(C)C. The first-order valence-electron chi connectivity index (χ1n) is 5.69. The highest BCUT2D eigenvalue weighted by molar-refractivity contribution is 5.62. The second-order valence-corrected chi connectivity index (χ2v) is 4.99. The molecule has 2 heterocycles. The number of aromatic nitrogens is 2. The number of anilines is 2. The van der Waals surface area contributed by atoms with Crippen molar-refractivity contribution in [3.05, 3.63) is 6.20 Å². The molecule has 1 aliphatic heterocycles. The van der Waals surface area contributed by atoms with Crippen molar-refractivity contribution in [3.63, 3.8) is 0 Å². The van der Waals surface area contributed by atoms with Crippen LogP contribution in [0.3, 0.4) is 0 Å². The van der Waals surface area contributed by atoms with Gasteiger partial charge in [0.15, 0.2) is 5.82 Å². The average molecular weight is 223 g/mol. The van der Waals surface area contributed by atoms with Crippen molar-refractivity contribution in [1.29, 1.82) is 0 Å². The summed E-state index contributed by atoms with van der Waals surface area (Å²) in [6, 6.07) is 0.585. The minimum Gasteiger partial charge on any atom is -0.394 e. The molecule has 2 rings (SSSR count). The monoisotopic (exact) mass is 223 g/mol. The molecule has 0 aliphatic carbocycles. The van der Waals surface area contributed by atoms with E-state index in [0.29, 0.717) is 12.0 Å². The van der Waals surface area contributed by atoms with Gasteiger partial charge in [-0.25, -0.2) is 0 Å². The summed E-state index contributed by atoms with van der Waals surface area (Å²) < 4.78 is 1.78. The Labute approximate surface area is 96.8 Å². The third-order valence-corrected chi connectivity index (χ3v) is 3.37. The van der Waals surface area contributed by atoms with Gasteiger partial charge in [-0.1, -0.05) is 6.92 Å². The number of likely N-dealkylation sites (N-methyl/N-ethyl adjacent to an activating group) is 1. The van der Waals surface area contributed by atoms with Gasteiger partial charge in [0.1, 0.15) is 0 Å². The topological polar surface area (TPSA) is 50.3 Å². The summed E-state index contributed by atoms with van der Waals surface area (Å²) in [6.45, 7) is 4.32. The lowest BCUT2D eigenvalue weighted by molar-refractivity contribution is 0.266. The second-order valence-electron chi connectivity index (χ2n) is 4.99. The van der Waals surface area contributed by atoms with Gasteiger partial charge in [-0.3, -0.25) is 4.68 Å². The van der Waals surface area contributed by atoms with Crippen LogP contribution in [0.25, 0.3) is 0 Å². The molecule has 0 radical (unpaired) electrons. The molecule has 0 saturated carbocycles. The lowest BCUT2D eigenvalue weighted by Gasteiger charge is -2.22. The maximum absolute atomic E-state index is 5.95. The van der Waals surface area contributed by atoms with Crippen LogP contribution in [0.15, 0.2) is 6.20 Å². The molecule has 5 nitrogen and oxygen atoms in total. The van der Waals surface area contributed by atoms with Crippen molar-refractivity contribution in [2.24, 2.45) is 13.0 Å². The van der Waals surface area contributed by atoms with E-state index in [2.05, 4.69) is 35.9 Å². The van der Waals surface area contributed by atoms with E-state index in [1.165, 1.54) is 0 Å². The zero-order valence-corrected chi connectivity index (χ0v) is 10.5. The fourth-order valence-corrected chi connectivity index (χ4v) is 2.54. The van der Waals surface area contributed by atoms with Crippen molar-refractivity contribution in [3.8, 4) is 0 Å². The lowest BCUT2D eigenvalue weighted by atomic mass is 10.1. The minimum atomic E-state index is 0.585. The molecule has 1 saturated heterocycles. The molecule has 90 valence electrons. The van der Waals surface area contributed by atoms with Crippen LogP contribution in [0.1, 0.15) is 6.92 Å². The molecule has 2 atom stereocenters. The normalized spacial score (nSPS) is 25.7. The molecule has 0 amide bonds. The molecule has 5 heteroatoms. The molecule has 0 spiro atoms. The molecular formula is C11H21N5. The fraction of sp³-hybridized carbons (Fsp3) is 0.727. The summed E-state index contributed by atoms with van der Waals surface area (Å²) in [7, 11) is 6.17. The first-order chi connectivity index (χ1) is 7.49. The highest BCUT2D eigenvalue weighted by Crippen LogP contribution is 2.28. The number of aryl methyl sites for hydroxylation is 1. The van der Waals surface area contributed by atoms with Crippen LogP contribution in [0.5, 0.6) is 0 Å². The Balaban J connectivity index is 2.16. The predicted octanol–water partition coefficient (Wildman–Crippen LogP) is 0.389. The van der Waals surface area contributed by atoms with E-state index in [1.54, 1.807) is 4.68 Å². The standard InChI is InChI=1S/C11H21N5/c1-8-5-16(7-10(8)14(2)3)11-9(12)6-15(4)13-11/h6,8,10H,5,7,12H2,1-4H3. The van der Waals surface area contributed by atoms with Gasteiger partial charge in [0, 0.05) is 32.4 Å². The number of nitrogen functional groups attached to an aromatic ring is 1. The highest BCUT2D eigenvalue weighted by Gasteiger charge is 2.32. The lowest BCUT2D eigenvalue weighted by Crippen LogP contribution is -2.34. The van der Waals surface area contributed by atoms with E-state index in [0.717, 1.165) is 24.6 Å². The Morgan fingerprint density at radius 3 is 2.56 bits per heavy atom. The summed E-state index contributed by atoms with van der Waals surface area (Å²) >= 11 is 0. The maximum Gasteiger partial charge on any atom is 0.173 e. The molecule has 1 aromatic heterocycles.